The van der Waals surface area contributed by atoms with Crippen LogP contribution in [0.1, 0.15) is 27.2 Å². The van der Waals surface area contributed by atoms with E-state index in [0.717, 1.165) is 6.42 Å². The lowest BCUT2D eigenvalue weighted by Crippen LogP contribution is -2.38. The second-order valence-corrected chi connectivity index (χ2v) is 2.32. The van der Waals surface area contributed by atoms with Crippen molar-refractivity contribution in [3.63, 3.8) is 0 Å². The van der Waals surface area contributed by atoms with Crippen molar-refractivity contribution in [2.45, 2.75) is 39.5 Å². The number of nitrogens with two attached hydrogens (primary N) is 1. The van der Waals surface area contributed by atoms with Crippen molar-refractivity contribution in [1.29, 1.82) is 0 Å². The topological polar surface area (TPSA) is 44.5 Å². The van der Waals surface area contributed by atoms with E-state index >= 15 is 0 Å². The normalized spacial score (nSPS) is 16.4. The van der Waals surface area contributed by atoms with Crippen LogP contribution in [0, 0.1) is 0 Å². The maximum absolute atomic E-state index is 5.68. The summed E-state index contributed by atoms with van der Waals surface area (Å²) >= 11 is 0. The van der Waals surface area contributed by atoms with Crippen LogP contribution in [0.4, 0.5) is 0 Å². The van der Waals surface area contributed by atoms with E-state index < -0.39 is 0 Å². The summed E-state index contributed by atoms with van der Waals surface area (Å²) in [5, 5.41) is 0. The molecule has 2 N–H and O–H groups in total. The Morgan fingerprint density at radius 1 is 1.09 bits per heavy atom. The maximum Gasteiger partial charge on any atom is 0.132 e. The van der Waals surface area contributed by atoms with Crippen LogP contribution in [0.5, 0.6) is 0 Å². The van der Waals surface area contributed by atoms with Crippen molar-refractivity contribution in [2.75, 3.05) is 13.2 Å². The van der Waals surface area contributed by atoms with Crippen molar-refractivity contribution >= 4 is 0 Å². The van der Waals surface area contributed by atoms with Crippen molar-refractivity contribution < 1.29 is 9.47 Å². The van der Waals surface area contributed by atoms with Crippen molar-refractivity contribution in [1.82, 2.24) is 0 Å². The van der Waals surface area contributed by atoms with Gasteiger partial charge in [0.15, 0.2) is 0 Å². The zero-order valence-corrected chi connectivity index (χ0v) is 7.67. The summed E-state index contributed by atoms with van der Waals surface area (Å²) in [6, 6.07) is 0. The smallest absolute Gasteiger partial charge is 0.132 e. The van der Waals surface area contributed by atoms with Gasteiger partial charge in [-0.1, -0.05) is 6.92 Å². The SMILES string of the molecule is CCOC(N)C(CC)OCC. The van der Waals surface area contributed by atoms with Gasteiger partial charge in [-0.15, -0.1) is 0 Å². The molecule has 3 nitrogen and oxygen atoms in total. The van der Waals surface area contributed by atoms with Crippen LogP contribution in [-0.2, 0) is 9.47 Å². The van der Waals surface area contributed by atoms with Crippen LogP contribution in [0.25, 0.3) is 0 Å². The number of hydrogen-bond donors (Lipinski definition) is 1. The van der Waals surface area contributed by atoms with Gasteiger partial charge < -0.3 is 15.2 Å². The standard InChI is InChI=1S/C8H19NO2/c1-4-7(10-5-2)8(9)11-6-3/h7-8H,4-6,9H2,1-3H3. The van der Waals surface area contributed by atoms with E-state index in [1.54, 1.807) is 0 Å². The molecule has 0 saturated carbocycles. The van der Waals surface area contributed by atoms with Crippen LogP contribution in [-0.4, -0.2) is 25.5 Å². The zero-order chi connectivity index (χ0) is 8.69. The Kier molecular flexibility index (Phi) is 6.51. The molecule has 0 amide bonds. The average molecular weight is 161 g/mol. The third-order valence-electron chi connectivity index (χ3n) is 1.51. The third kappa shape index (κ3) is 4.35. The van der Waals surface area contributed by atoms with E-state index in [-0.39, 0.29) is 12.3 Å². The van der Waals surface area contributed by atoms with Gasteiger partial charge in [-0.25, -0.2) is 0 Å². The van der Waals surface area contributed by atoms with Gasteiger partial charge in [0.1, 0.15) is 6.23 Å². The zero-order valence-electron chi connectivity index (χ0n) is 7.67. The summed E-state index contributed by atoms with van der Waals surface area (Å²) < 4.78 is 10.6. The highest BCUT2D eigenvalue weighted by atomic mass is 16.5. The summed E-state index contributed by atoms with van der Waals surface area (Å²) in [4.78, 5) is 0. The first-order chi connectivity index (χ1) is 5.26. The first-order valence-electron chi connectivity index (χ1n) is 4.24. The lowest BCUT2D eigenvalue weighted by atomic mass is 10.2. The predicted octanol–water partition coefficient (Wildman–Crippen LogP) is 1.12. The van der Waals surface area contributed by atoms with Crippen LogP contribution in [0.3, 0.4) is 0 Å². The molecule has 0 radical (unpaired) electrons. The Hall–Kier alpha value is -0.120. The first-order valence-corrected chi connectivity index (χ1v) is 4.24. The monoisotopic (exact) mass is 161 g/mol. The van der Waals surface area contributed by atoms with Crippen LogP contribution >= 0.6 is 0 Å². The fourth-order valence-corrected chi connectivity index (χ4v) is 0.959. The molecule has 0 aromatic rings. The largest absolute Gasteiger partial charge is 0.374 e. The molecule has 0 aliphatic rings. The molecule has 3 heteroatoms. The predicted molar refractivity (Wildman–Crippen MR) is 45.3 cm³/mol. The minimum Gasteiger partial charge on any atom is -0.374 e. The molecule has 11 heavy (non-hydrogen) atoms. The van der Waals surface area contributed by atoms with Gasteiger partial charge in [-0.05, 0) is 20.3 Å². The summed E-state index contributed by atoms with van der Waals surface area (Å²) in [5.41, 5.74) is 5.68. The van der Waals surface area contributed by atoms with Crippen LogP contribution in [0.2, 0.25) is 0 Å². The van der Waals surface area contributed by atoms with Crippen molar-refractivity contribution in [3.05, 3.63) is 0 Å². The van der Waals surface area contributed by atoms with Crippen molar-refractivity contribution in [3.8, 4) is 0 Å². The highest BCUT2D eigenvalue weighted by Crippen LogP contribution is 2.03. The Morgan fingerprint density at radius 2 is 1.64 bits per heavy atom. The van der Waals surface area contributed by atoms with E-state index in [2.05, 4.69) is 0 Å². The lowest BCUT2D eigenvalue weighted by Gasteiger charge is -2.21. The van der Waals surface area contributed by atoms with E-state index in [1.165, 1.54) is 0 Å². The van der Waals surface area contributed by atoms with Gasteiger partial charge in [-0.3, -0.25) is 0 Å². The third-order valence-corrected chi connectivity index (χ3v) is 1.51. The Labute approximate surface area is 68.9 Å². The molecule has 0 fully saturated rings. The molecule has 0 heterocycles. The molecule has 0 aliphatic carbocycles. The second-order valence-electron chi connectivity index (χ2n) is 2.32. The lowest BCUT2D eigenvalue weighted by molar-refractivity contribution is -0.0650. The van der Waals surface area contributed by atoms with Crippen LogP contribution < -0.4 is 5.73 Å². The number of rotatable bonds is 6. The average Bonchev–Trinajstić information content (AvgIpc) is 2.00. The highest BCUT2D eigenvalue weighted by molar-refractivity contribution is 4.62. The van der Waals surface area contributed by atoms with Crippen LogP contribution in [0.15, 0.2) is 0 Å². The van der Waals surface area contributed by atoms with Gasteiger partial charge >= 0.3 is 0 Å². The molecule has 0 bridgehead atoms. The molecule has 0 saturated heterocycles. The minimum absolute atomic E-state index is 0.0416. The number of hydrogen-bond acceptors (Lipinski definition) is 3. The summed E-state index contributed by atoms with van der Waals surface area (Å²) in [7, 11) is 0. The molecule has 0 spiro atoms. The molecule has 68 valence electrons. The van der Waals surface area contributed by atoms with E-state index in [0.29, 0.717) is 13.2 Å². The molecule has 2 unspecified atom stereocenters. The Bertz CT molecular complexity index is 88.2. The summed E-state index contributed by atoms with van der Waals surface area (Å²) in [6.45, 7) is 7.27. The molecule has 2 atom stereocenters. The van der Waals surface area contributed by atoms with Gasteiger partial charge in [0, 0.05) is 13.2 Å². The Morgan fingerprint density at radius 3 is 2.00 bits per heavy atom. The molecular formula is C8H19NO2. The molecule has 0 aromatic carbocycles. The fraction of sp³-hybridized carbons (Fsp3) is 1.00. The fourth-order valence-electron chi connectivity index (χ4n) is 0.959. The van der Waals surface area contributed by atoms with E-state index in [4.69, 9.17) is 15.2 Å². The second kappa shape index (κ2) is 6.58. The Balaban J connectivity index is 3.61. The minimum atomic E-state index is -0.273. The first kappa shape index (κ1) is 10.9. The van der Waals surface area contributed by atoms with E-state index in [9.17, 15) is 0 Å². The number of ether oxygens (including phenoxy) is 2. The maximum atomic E-state index is 5.68. The van der Waals surface area contributed by atoms with Gasteiger partial charge in [0.05, 0.1) is 6.10 Å². The van der Waals surface area contributed by atoms with Crippen molar-refractivity contribution in [2.24, 2.45) is 5.73 Å². The quantitative estimate of drug-likeness (QED) is 0.594. The molecule has 0 rings (SSSR count). The van der Waals surface area contributed by atoms with Gasteiger partial charge in [0.2, 0.25) is 0 Å². The summed E-state index contributed by atoms with van der Waals surface area (Å²) in [5.74, 6) is 0. The summed E-state index contributed by atoms with van der Waals surface area (Å²) in [6.07, 6.45) is 0.666. The molecular weight excluding hydrogens is 142 g/mol. The van der Waals surface area contributed by atoms with Gasteiger partial charge in [0.25, 0.3) is 0 Å². The molecule has 0 aromatic heterocycles. The van der Waals surface area contributed by atoms with Gasteiger partial charge in [-0.2, -0.15) is 0 Å². The molecule has 0 aliphatic heterocycles. The van der Waals surface area contributed by atoms with E-state index in [1.807, 2.05) is 20.8 Å². The highest BCUT2D eigenvalue weighted by Gasteiger charge is 2.15.